The second-order valence-electron chi connectivity index (χ2n) is 6.96. The molecule has 1 fully saturated rings. The van der Waals surface area contributed by atoms with Gasteiger partial charge in [0.2, 0.25) is 0 Å². The number of hydrogen-bond acceptors (Lipinski definition) is 1. The van der Waals surface area contributed by atoms with Crippen molar-refractivity contribution in [2.45, 2.75) is 65.0 Å². The molecule has 2 aromatic rings. The monoisotopic (exact) mass is 344 g/mol. The molecule has 0 bridgehead atoms. The van der Waals surface area contributed by atoms with Crippen LogP contribution in [0.2, 0.25) is 0 Å². The average Bonchev–Trinajstić information content (AvgIpc) is 2.54. The van der Waals surface area contributed by atoms with Crippen molar-refractivity contribution >= 4 is 12.6 Å². The highest BCUT2D eigenvalue weighted by atomic mass is 32.1. The van der Waals surface area contributed by atoms with E-state index in [2.05, 4.69) is 45.5 Å². The lowest BCUT2D eigenvalue weighted by atomic mass is 9.94. The largest absolute Gasteiger partial charge is 0.206 e. The zero-order valence-corrected chi connectivity index (χ0v) is 16.2. The normalized spacial score (nSPS) is 14.9. The minimum absolute atomic E-state index is 0.146. The summed E-state index contributed by atoms with van der Waals surface area (Å²) >= 11 is 4.36. The van der Waals surface area contributed by atoms with Crippen molar-refractivity contribution in [2.75, 3.05) is 0 Å². The van der Waals surface area contributed by atoms with Crippen molar-refractivity contribution in [2.24, 2.45) is 0 Å². The Labute approximate surface area is 151 Å². The first-order valence-corrected chi connectivity index (χ1v) is 9.43. The van der Waals surface area contributed by atoms with Crippen LogP contribution in [0.5, 0.6) is 0 Å². The van der Waals surface area contributed by atoms with Crippen molar-refractivity contribution in [3.63, 3.8) is 0 Å². The first-order valence-electron chi connectivity index (χ1n) is 8.91. The van der Waals surface area contributed by atoms with E-state index in [-0.39, 0.29) is 5.82 Å². The molecule has 1 aliphatic rings. The lowest BCUT2D eigenvalue weighted by molar-refractivity contribution is 0.518. The maximum absolute atomic E-state index is 13.9. The predicted molar refractivity (Wildman–Crippen MR) is 107 cm³/mol. The molecule has 2 aromatic carbocycles. The van der Waals surface area contributed by atoms with Gasteiger partial charge in [-0.15, -0.1) is 0 Å². The molecule has 0 nitrogen and oxygen atoms in total. The van der Waals surface area contributed by atoms with Crippen LogP contribution in [0.1, 0.15) is 54.4 Å². The van der Waals surface area contributed by atoms with Crippen molar-refractivity contribution in [3.05, 3.63) is 58.4 Å². The van der Waals surface area contributed by atoms with Crippen LogP contribution in [0.15, 0.2) is 30.3 Å². The number of thiol groups is 1. The predicted octanol–water partition coefficient (Wildman–Crippen LogP) is 6.98. The van der Waals surface area contributed by atoms with Gasteiger partial charge in [-0.1, -0.05) is 43.5 Å². The first-order chi connectivity index (χ1) is 11.4. The Morgan fingerprint density at radius 3 is 1.92 bits per heavy atom. The fourth-order valence-electron chi connectivity index (χ4n) is 3.26. The van der Waals surface area contributed by atoms with Crippen LogP contribution in [0.25, 0.3) is 11.1 Å². The Bertz CT molecular complexity index is 641. The van der Waals surface area contributed by atoms with Crippen LogP contribution in [0, 0.1) is 33.5 Å². The molecule has 130 valence electrons. The van der Waals surface area contributed by atoms with Gasteiger partial charge in [0.1, 0.15) is 5.82 Å². The molecule has 3 rings (SSSR count). The number of halogens is 1. The van der Waals surface area contributed by atoms with Crippen LogP contribution >= 0.6 is 12.6 Å². The van der Waals surface area contributed by atoms with E-state index in [1.165, 1.54) is 54.9 Å². The lowest BCUT2D eigenvalue weighted by Crippen LogP contribution is -2.03. The van der Waals surface area contributed by atoms with Gasteiger partial charge in [-0.25, -0.2) is 4.39 Å². The molecule has 0 spiro atoms. The van der Waals surface area contributed by atoms with E-state index in [4.69, 9.17) is 0 Å². The Kier molecular flexibility index (Phi) is 6.91. The van der Waals surface area contributed by atoms with E-state index in [0.717, 1.165) is 21.9 Å². The molecule has 0 radical (unpaired) electrons. The fourth-order valence-corrected chi connectivity index (χ4v) is 3.62. The van der Waals surface area contributed by atoms with Crippen LogP contribution in [-0.4, -0.2) is 5.25 Å². The van der Waals surface area contributed by atoms with Gasteiger partial charge in [0.25, 0.3) is 0 Å². The summed E-state index contributed by atoms with van der Waals surface area (Å²) in [6.07, 6.45) is 6.96. The minimum Gasteiger partial charge on any atom is -0.206 e. The molecular weight excluding hydrogens is 315 g/mol. The molecule has 0 heterocycles. The topological polar surface area (TPSA) is 0 Å². The molecule has 1 saturated carbocycles. The fraction of sp³-hybridized carbons (Fsp3) is 0.455. The van der Waals surface area contributed by atoms with E-state index < -0.39 is 0 Å². The van der Waals surface area contributed by atoms with Crippen LogP contribution in [0.4, 0.5) is 4.39 Å². The summed E-state index contributed by atoms with van der Waals surface area (Å²) < 4.78 is 13.9. The Balaban J connectivity index is 0.000000249. The van der Waals surface area contributed by atoms with Crippen molar-refractivity contribution < 1.29 is 4.39 Å². The molecule has 24 heavy (non-hydrogen) atoms. The van der Waals surface area contributed by atoms with Gasteiger partial charge in [-0.3, -0.25) is 0 Å². The molecule has 0 aliphatic heterocycles. The summed E-state index contributed by atoms with van der Waals surface area (Å²) in [5, 5.41) is 0.730. The summed E-state index contributed by atoms with van der Waals surface area (Å²) in [5.41, 5.74) is 6.38. The summed E-state index contributed by atoms with van der Waals surface area (Å²) in [7, 11) is 0. The maximum atomic E-state index is 13.9. The van der Waals surface area contributed by atoms with E-state index in [0.29, 0.717) is 0 Å². The molecule has 0 saturated heterocycles. The summed E-state index contributed by atoms with van der Waals surface area (Å²) in [5.74, 6) is -0.146. The van der Waals surface area contributed by atoms with Crippen LogP contribution < -0.4 is 0 Å². The van der Waals surface area contributed by atoms with Crippen molar-refractivity contribution in [3.8, 4) is 11.1 Å². The van der Waals surface area contributed by atoms with Gasteiger partial charge in [-0.05, 0) is 74.4 Å². The van der Waals surface area contributed by atoms with Crippen LogP contribution in [0.3, 0.4) is 0 Å². The van der Waals surface area contributed by atoms with Gasteiger partial charge in [0.15, 0.2) is 0 Å². The third-order valence-corrected chi connectivity index (χ3v) is 5.53. The van der Waals surface area contributed by atoms with E-state index >= 15 is 0 Å². The van der Waals surface area contributed by atoms with Gasteiger partial charge in [0, 0.05) is 10.8 Å². The quantitative estimate of drug-likeness (QED) is 0.530. The van der Waals surface area contributed by atoms with E-state index in [9.17, 15) is 4.39 Å². The third-order valence-electron chi connectivity index (χ3n) is 5.01. The Hall–Kier alpha value is -1.28. The SMILES string of the molecule is Cc1cc(-c2c(C)cccc2F)cc(C)c1C.SC1CCCCC1. The number of aryl methyl sites for hydroxylation is 3. The summed E-state index contributed by atoms with van der Waals surface area (Å²) in [6.45, 7) is 8.19. The standard InChI is InChI=1S/C16H17F.C6H12S/c1-10-6-5-7-15(17)16(10)14-8-11(2)13(4)12(3)9-14;7-6-4-2-1-3-5-6/h5-9H,1-4H3;6-7H,1-5H2. The van der Waals surface area contributed by atoms with E-state index in [1.54, 1.807) is 6.07 Å². The smallest absolute Gasteiger partial charge is 0.131 e. The third kappa shape index (κ3) is 4.86. The van der Waals surface area contributed by atoms with Gasteiger partial charge >= 0.3 is 0 Å². The summed E-state index contributed by atoms with van der Waals surface area (Å²) in [6, 6.07) is 9.35. The van der Waals surface area contributed by atoms with Crippen molar-refractivity contribution in [1.29, 1.82) is 0 Å². The highest BCUT2D eigenvalue weighted by molar-refractivity contribution is 7.80. The summed E-state index contributed by atoms with van der Waals surface area (Å²) in [4.78, 5) is 0. The second-order valence-corrected chi connectivity index (χ2v) is 7.69. The zero-order chi connectivity index (χ0) is 17.7. The molecule has 0 N–H and O–H groups in total. The van der Waals surface area contributed by atoms with Gasteiger partial charge in [-0.2, -0.15) is 12.6 Å². The highest BCUT2D eigenvalue weighted by Gasteiger charge is 2.10. The molecule has 2 heteroatoms. The first kappa shape index (κ1) is 19.1. The number of benzene rings is 2. The average molecular weight is 345 g/mol. The number of rotatable bonds is 1. The molecule has 0 aromatic heterocycles. The highest BCUT2D eigenvalue weighted by Crippen LogP contribution is 2.29. The van der Waals surface area contributed by atoms with Crippen molar-refractivity contribution in [1.82, 2.24) is 0 Å². The minimum atomic E-state index is -0.146. The molecule has 0 atom stereocenters. The molecule has 0 amide bonds. The Morgan fingerprint density at radius 2 is 1.46 bits per heavy atom. The zero-order valence-electron chi connectivity index (χ0n) is 15.3. The van der Waals surface area contributed by atoms with Gasteiger partial charge < -0.3 is 0 Å². The van der Waals surface area contributed by atoms with Gasteiger partial charge in [0.05, 0.1) is 0 Å². The second kappa shape index (κ2) is 8.71. The molecule has 0 unspecified atom stereocenters. The lowest BCUT2D eigenvalue weighted by Gasteiger charge is -2.14. The van der Waals surface area contributed by atoms with E-state index in [1.807, 2.05) is 13.0 Å². The maximum Gasteiger partial charge on any atom is 0.131 e. The molecular formula is C22H29FS. The Morgan fingerprint density at radius 1 is 0.875 bits per heavy atom. The van der Waals surface area contributed by atoms with Crippen LogP contribution in [-0.2, 0) is 0 Å². The molecule has 1 aliphatic carbocycles. The number of hydrogen-bond donors (Lipinski definition) is 1.